The zero-order valence-corrected chi connectivity index (χ0v) is 10.3. The molecule has 0 atom stereocenters. The number of carboxylic acids is 1. The Kier molecular flexibility index (Phi) is 3.38. The minimum absolute atomic E-state index is 0.0228. The van der Waals surface area contributed by atoms with Crippen molar-refractivity contribution in [2.24, 2.45) is 0 Å². The predicted molar refractivity (Wildman–Crippen MR) is 63.9 cm³/mol. The molecule has 0 saturated carbocycles. The molecular weight excluding hydrogens is 300 g/mol. The van der Waals surface area contributed by atoms with Crippen molar-refractivity contribution < 1.29 is 27.5 Å². The molecule has 106 valence electrons. The van der Waals surface area contributed by atoms with Crippen LogP contribution in [-0.2, 0) is 6.18 Å². The zero-order valence-electron chi connectivity index (χ0n) is 9.53. The molecule has 1 aromatic carbocycles. The van der Waals surface area contributed by atoms with Crippen molar-refractivity contribution in [2.75, 3.05) is 5.73 Å². The number of thiazole rings is 1. The summed E-state index contributed by atoms with van der Waals surface area (Å²) < 4.78 is 50.9. The second-order valence-corrected chi connectivity index (χ2v) is 4.76. The fourth-order valence-electron chi connectivity index (χ4n) is 1.48. The minimum atomic E-state index is -4.85. The third kappa shape index (κ3) is 2.57. The van der Waals surface area contributed by atoms with E-state index >= 15 is 0 Å². The average Bonchev–Trinajstić information content (AvgIpc) is 2.70. The van der Waals surface area contributed by atoms with Crippen molar-refractivity contribution in [3.8, 4) is 10.6 Å². The molecular formula is C11H6F4N2O2S. The van der Waals surface area contributed by atoms with Crippen molar-refractivity contribution in [2.45, 2.75) is 6.18 Å². The summed E-state index contributed by atoms with van der Waals surface area (Å²) in [6, 6.07) is 2.30. The Morgan fingerprint density at radius 3 is 2.50 bits per heavy atom. The molecule has 20 heavy (non-hydrogen) atoms. The Morgan fingerprint density at radius 1 is 1.35 bits per heavy atom. The van der Waals surface area contributed by atoms with E-state index in [1.807, 2.05) is 0 Å². The second kappa shape index (κ2) is 4.75. The van der Waals surface area contributed by atoms with Gasteiger partial charge in [0, 0.05) is 5.56 Å². The zero-order chi connectivity index (χ0) is 15.1. The van der Waals surface area contributed by atoms with Gasteiger partial charge in [0.05, 0.1) is 5.56 Å². The van der Waals surface area contributed by atoms with Crippen molar-refractivity contribution in [1.82, 2.24) is 4.98 Å². The fraction of sp³-hybridized carbons (Fsp3) is 0.0909. The topological polar surface area (TPSA) is 76.2 Å². The number of hydrogen-bond acceptors (Lipinski definition) is 4. The Bertz CT molecular complexity index is 682. The van der Waals surface area contributed by atoms with Crippen LogP contribution in [0, 0.1) is 5.82 Å². The smallest absolute Gasteiger partial charge is 0.419 e. The molecule has 9 heteroatoms. The minimum Gasteiger partial charge on any atom is -0.476 e. The van der Waals surface area contributed by atoms with Crippen molar-refractivity contribution in [3.63, 3.8) is 0 Å². The lowest BCUT2D eigenvalue weighted by Crippen LogP contribution is -2.08. The van der Waals surface area contributed by atoms with Gasteiger partial charge in [-0.2, -0.15) is 13.2 Å². The Hall–Kier alpha value is -2.16. The lowest BCUT2D eigenvalue weighted by atomic mass is 10.1. The summed E-state index contributed by atoms with van der Waals surface area (Å²) in [7, 11) is 0. The number of aromatic nitrogens is 1. The maximum atomic E-state index is 13.1. The third-order valence-electron chi connectivity index (χ3n) is 2.37. The Balaban J connectivity index is 2.54. The molecule has 0 bridgehead atoms. The number of nitrogens with two attached hydrogens (primary N) is 1. The second-order valence-electron chi connectivity index (χ2n) is 3.73. The van der Waals surface area contributed by atoms with Gasteiger partial charge in [0.15, 0.2) is 5.69 Å². The van der Waals surface area contributed by atoms with Gasteiger partial charge in [-0.15, -0.1) is 0 Å². The first-order valence-corrected chi connectivity index (χ1v) is 5.88. The molecule has 0 amide bonds. The monoisotopic (exact) mass is 306 g/mol. The third-order valence-corrected chi connectivity index (χ3v) is 3.31. The molecule has 4 nitrogen and oxygen atoms in total. The van der Waals surface area contributed by atoms with Gasteiger partial charge in [-0.1, -0.05) is 11.3 Å². The first kappa shape index (κ1) is 14.3. The summed E-state index contributed by atoms with van der Waals surface area (Å²) >= 11 is 0.717. The summed E-state index contributed by atoms with van der Waals surface area (Å²) in [5.41, 5.74) is 3.47. The Morgan fingerprint density at radius 2 is 2.00 bits per heavy atom. The molecule has 2 rings (SSSR count). The molecule has 3 N–H and O–H groups in total. The number of nitrogen functional groups attached to an aromatic ring is 1. The SMILES string of the molecule is Nc1sc(-c2ccc(F)c(C(F)(F)F)c2)nc1C(=O)O. The van der Waals surface area contributed by atoms with E-state index in [1.165, 1.54) is 0 Å². The predicted octanol–water partition coefficient (Wildman–Crippen LogP) is 3.25. The van der Waals surface area contributed by atoms with Crippen LogP contribution < -0.4 is 5.73 Å². The summed E-state index contributed by atoms with van der Waals surface area (Å²) in [5, 5.41) is 8.62. The van der Waals surface area contributed by atoms with Crippen LogP contribution in [-0.4, -0.2) is 16.1 Å². The number of benzene rings is 1. The summed E-state index contributed by atoms with van der Waals surface area (Å²) in [5.74, 6) is -2.80. The van der Waals surface area contributed by atoms with Crippen molar-refractivity contribution >= 4 is 22.3 Å². The van der Waals surface area contributed by atoms with E-state index in [0.29, 0.717) is 12.1 Å². The number of aromatic carboxylic acids is 1. The lowest BCUT2D eigenvalue weighted by molar-refractivity contribution is -0.139. The van der Waals surface area contributed by atoms with Gasteiger partial charge < -0.3 is 10.8 Å². The number of anilines is 1. The molecule has 1 aromatic heterocycles. The molecule has 0 saturated heterocycles. The molecule has 0 aliphatic rings. The quantitative estimate of drug-likeness (QED) is 0.835. The number of nitrogens with zero attached hydrogens (tertiary/aromatic N) is 1. The highest BCUT2D eigenvalue weighted by molar-refractivity contribution is 7.19. The van der Waals surface area contributed by atoms with Gasteiger partial charge in [-0.25, -0.2) is 14.2 Å². The standard InChI is InChI=1S/C11H6F4N2O2S/c12-6-2-1-4(3-5(6)11(13,14)15)9-17-7(10(18)19)8(16)20-9/h1-3H,16H2,(H,18,19). The van der Waals surface area contributed by atoms with Crippen LogP contribution in [0.5, 0.6) is 0 Å². The molecule has 0 fully saturated rings. The fourth-order valence-corrected chi connectivity index (χ4v) is 2.30. The van der Waals surface area contributed by atoms with Gasteiger partial charge >= 0.3 is 12.1 Å². The summed E-state index contributed by atoms with van der Waals surface area (Å²) in [6.07, 6.45) is -4.85. The van der Waals surface area contributed by atoms with Gasteiger partial charge in [-0.05, 0) is 18.2 Å². The summed E-state index contributed by atoms with van der Waals surface area (Å²) in [4.78, 5) is 14.4. The highest BCUT2D eigenvalue weighted by Gasteiger charge is 2.34. The lowest BCUT2D eigenvalue weighted by Gasteiger charge is -2.08. The number of rotatable bonds is 2. The Labute approximate surface area is 113 Å². The van der Waals surface area contributed by atoms with E-state index in [-0.39, 0.29) is 15.6 Å². The largest absolute Gasteiger partial charge is 0.476 e. The van der Waals surface area contributed by atoms with Crippen LogP contribution in [0.15, 0.2) is 18.2 Å². The summed E-state index contributed by atoms with van der Waals surface area (Å²) in [6.45, 7) is 0. The van der Waals surface area contributed by atoms with Gasteiger partial charge in [0.2, 0.25) is 0 Å². The van der Waals surface area contributed by atoms with Crippen LogP contribution in [0.3, 0.4) is 0 Å². The van der Waals surface area contributed by atoms with Gasteiger partial charge in [0.25, 0.3) is 0 Å². The van der Waals surface area contributed by atoms with E-state index in [1.54, 1.807) is 0 Å². The first-order valence-electron chi connectivity index (χ1n) is 5.07. The highest BCUT2D eigenvalue weighted by atomic mass is 32.1. The first-order chi connectivity index (χ1) is 9.20. The van der Waals surface area contributed by atoms with Crippen LogP contribution >= 0.6 is 11.3 Å². The highest BCUT2D eigenvalue weighted by Crippen LogP contribution is 2.36. The molecule has 2 aromatic rings. The molecule has 0 aliphatic carbocycles. The van der Waals surface area contributed by atoms with Gasteiger partial charge in [0.1, 0.15) is 15.8 Å². The van der Waals surface area contributed by atoms with Crippen LogP contribution in [0.1, 0.15) is 16.1 Å². The van der Waals surface area contributed by atoms with Crippen LogP contribution in [0.2, 0.25) is 0 Å². The number of halogens is 4. The number of hydrogen-bond donors (Lipinski definition) is 2. The van der Waals surface area contributed by atoms with Crippen molar-refractivity contribution in [1.29, 1.82) is 0 Å². The maximum Gasteiger partial charge on any atom is 0.419 e. The van der Waals surface area contributed by atoms with E-state index in [9.17, 15) is 22.4 Å². The number of carbonyl (C=O) groups is 1. The van der Waals surface area contributed by atoms with Crippen LogP contribution in [0.25, 0.3) is 10.6 Å². The maximum absolute atomic E-state index is 13.1. The van der Waals surface area contributed by atoms with E-state index in [0.717, 1.165) is 17.4 Å². The van der Waals surface area contributed by atoms with E-state index < -0.39 is 29.2 Å². The average molecular weight is 306 g/mol. The van der Waals surface area contributed by atoms with Crippen LogP contribution in [0.4, 0.5) is 22.6 Å². The molecule has 0 unspecified atom stereocenters. The number of alkyl halides is 3. The van der Waals surface area contributed by atoms with E-state index in [2.05, 4.69) is 4.98 Å². The van der Waals surface area contributed by atoms with Crippen molar-refractivity contribution in [3.05, 3.63) is 35.3 Å². The molecule has 0 radical (unpaired) electrons. The normalized spacial score (nSPS) is 11.6. The van der Waals surface area contributed by atoms with E-state index in [4.69, 9.17) is 10.8 Å². The van der Waals surface area contributed by atoms with Gasteiger partial charge in [-0.3, -0.25) is 0 Å². The molecule has 0 spiro atoms. The molecule has 1 heterocycles. The molecule has 0 aliphatic heterocycles. The number of carboxylic acid groups (broad SMARTS) is 1.